The standard InChI is InChI=1S/C15H13Cl2NO2S/c1-10-3-4-11(2)14(9-10)21(19,20)18-15(17)12-5-7-13(16)8-6-12/h3-9H,1-2H3. The lowest BCUT2D eigenvalue weighted by molar-refractivity contribution is 0.597. The third-order valence-corrected chi connectivity index (χ3v) is 4.98. The maximum Gasteiger partial charge on any atom is 0.283 e. The summed E-state index contributed by atoms with van der Waals surface area (Å²) < 4.78 is 28.4. The van der Waals surface area contributed by atoms with Crippen molar-refractivity contribution in [2.24, 2.45) is 4.40 Å². The lowest BCUT2D eigenvalue weighted by atomic mass is 10.2. The molecule has 0 aliphatic rings. The molecule has 2 aromatic rings. The van der Waals surface area contributed by atoms with Crippen molar-refractivity contribution in [2.45, 2.75) is 18.7 Å². The third kappa shape index (κ3) is 3.84. The summed E-state index contributed by atoms with van der Waals surface area (Å²) in [4.78, 5) is 0.162. The van der Waals surface area contributed by atoms with Gasteiger partial charge >= 0.3 is 0 Å². The Labute approximate surface area is 134 Å². The quantitative estimate of drug-likeness (QED) is 0.780. The van der Waals surface area contributed by atoms with Crippen molar-refractivity contribution in [3.8, 4) is 0 Å². The van der Waals surface area contributed by atoms with E-state index < -0.39 is 10.0 Å². The van der Waals surface area contributed by atoms with Crippen molar-refractivity contribution in [2.75, 3.05) is 0 Å². The molecule has 2 rings (SSSR count). The predicted octanol–water partition coefficient (Wildman–Crippen LogP) is 4.33. The van der Waals surface area contributed by atoms with Crippen LogP contribution in [0.25, 0.3) is 0 Å². The molecule has 0 spiro atoms. The van der Waals surface area contributed by atoms with E-state index in [2.05, 4.69) is 4.40 Å². The first kappa shape index (κ1) is 16.0. The molecule has 110 valence electrons. The second kappa shape index (κ2) is 6.18. The summed E-state index contributed by atoms with van der Waals surface area (Å²) in [6.07, 6.45) is 0. The fourth-order valence-corrected chi connectivity index (χ4v) is 3.53. The maximum atomic E-state index is 12.4. The zero-order chi connectivity index (χ0) is 15.6. The van der Waals surface area contributed by atoms with Gasteiger partial charge in [0, 0.05) is 10.6 Å². The zero-order valence-corrected chi connectivity index (χ0v) is 13.8. The smallest absolute Gasteiger partial charge is 0.199 e. The van der Waals surface area contributed by atoms with Gasteiger partial charge < -0.3 is 0 Å². The van der Waals surface area contributed by atoms with Gasteiger partial charge in [-0.1, -0.05) is 47.5 Å². The first-order chi connectivity index (χ1) is 9.79. The van der Waals surface area contributed by atoms with Crippen LogP contribution < -0.4 is 0 Å². The van der Waals surface area contributed by atoms with E-state index in [4.69, 9.17) is 23.2 Å². The fraction of sp³-hybridized carbons (Fsp3) is 0.133. The van der Waals surface area contributed by atoms with Crippen molar-refractivity contribution in [1.82, 2.24) is 0 Å². The third-order valence-electron chi connectivity index (χ3n) is 2.90. The average molecular weight is 342 g/mol. The van der Waals surface area contributed by atoms with Crippen LogP contribution in [0.4, 0.5) is 0 Å². The Morgan fingerprint density at radius 1 is 1.05 bits per heavy atom. The van der Waals surface area contributed by atoms with Crippen LogP contribution in [-0.4, -0.2) is 13.6 Å². The molecule has 6 heteroatoms. The van der Waals surface area contributed by atoms with Gasteiger partial charge in [0.1, 0.15) is 5.17 Å². The van der Waals surface area contributed by atoms with E-state index in [0.717, 1.165) is 5.56 Å². The number of halogens is 2. The van der Waals surface area contributed by atoms with Crippen molar-refractivity contribution < 1.29 is 8.42 Å². The van der Waals surface area contributed by atoms with Crippen LogP contribution in [0.5, 0.6) is 0 Å². The molecule has 3 nitrogen and oxygen atoms in total. The van der Waals surface area contributed by atoms with Crippen LogP contribution in [0.3, 0.4) is 0 Å². The van der Waals surface area contributed by atoms with E-state index in [1.807, 2.05) is 13.0 Å². The van der Waals surface area contributed by atoms with E-state index in [1.54, 1.807) is 43.3 Å². The van der Waals surface area contributed by atoms with Gasteiger partial charge in [0.15, 0.2) is 0 Å². The highest BCUT2D eigenvalue weighted by atomic mass is 35.5. The summed E-state index contributed by atoms with van der Waals surface area (Å²) >= 11 is 11.8. The zero-order valence-electron chi connectivity index (χ0n) is 11.5. The molecule has 0 aliphatic heterocycles. The Balaban J connectivity index is 2.47. The van der Waals surface area contributed by atoms with E-state index >= 15 is 0 Å². The molecule has 0 saturated heterocycles. The topological polar surface area (TPSA) is 46.5 Å². The van der Waals surface area contributed by atoms with Gasteiger partial charge in [-0.2, -0.15) is 8.42 Å². The van der Waals surface area contributed by atoms with Crippen LogP contribution >= 0.6 is 23.2 Å². The largest absolute Gasteiger partial charge is 0.283 e. The van der Waals surface area contributed by atoms with Gasteiger partial charge in [-0.15, -0.1) is 4.40 Å². The minimum Gasteiger partial charge on any atom is -0.199 e. The Hall–Kier alpha value is -1.36. The second-order valence-electron chi connectivity index (χ2n) is 4.63. The number of rotatable bonds is 3. The molecule has 0 radical (unpaired) electrons. The molecule has 0 unspecified atom stereocenters. The molecule has 2 aromatic carbocycles. The van der Waals surface area contributed by atoms with E-state index in [-0.39, 0.29) is 10.1 Å². The van der Waals surface area contributed by atoms with Crippen molar-refractivity contribution in [3.05, 3.63) is 64.2 Å². The van der Waals surface area contributed by atoms with Gasteiger partial charge in [0.25, 0.3) is 10.0 Å². The summed E-state index contributed by atoms with van der Waals surface area (Å²) in [5, 5.41) is 0.452. The highest BCUT2D eigenvalue weighted by Crippen LogP contribution is 2.21. The molecule has 0 N–H and O–H groups in total. The molecule has 0 heterocycles. The first-order valence-electron chi connectivity index (χ1n) is 6.13. The summed E-state index contributed by atoms with van der Waals surface area (Å²) in [5.74, 6) is 0. The Kier molecular flexibility index (Phi) is 4.71. The number of nitrogens with zero attached hydrogens (tertiary/aromatic N) is 1. The van der Waals surface area contributed by atoms with Crippen molar-refractivity contribution in [1.29, 1.82) is 0 Å². The molecule has 0 amide bonds. The molecular weight excluding hydrogens is 329 g/mol. The number of aryl methyl sites for hydroxylation is 2. The minimum atomic E-state index is -3.85. The Morgan fingerprint density at radius 2 is 1.67 bits per heavy atom. The lowest BCUT2D eigenvalue weighted by Gasteiger charge is -2.06. The molecule has 0 fully saturated rings. The summed E-state index contributed by atoms with van der Waals surface area (Å²) in [6.45, 7) is 3.54. The average Bonchev–Trinajstić information content (AvgIpc) is 2.41. The Bertz CT molecular complexity index is 797. The molecule has 0 saturated carbocycles. The van der Waals surface area contributed by atoms with Crippen LogP contribution in [0, 0.1) is 13.8 Å². The molecular formula is C15H13Cl2NO2S. The second-order valence-corrected chi connectivity index (χ2v) is 7.00. The molecule has 21 heavy (non-hydrogen) atoms. The number of sulfonamides is 1. The highest BCUT2D eigenvalue weighted by Gasteiger charge is 2.17. The fourth-order valence-electron chi connectivity index (χ4n) is 1.78. The van der Waals surface area contributed by atoms with E-state index in [0.29, 0.717) is 16.1 Å². The summed E-state index contributed by atoms with van der Waals surface area (Å²) in [7, 11) is -3.85. The van der Waals surface area contributed by atoms with Gasteiger partial charge in [0.2, 0.25) is 0 Å². The van der Waals surface area contributed by atoms with Crippen LogP contribution in [-0.2, 0) is 10.0 Å². The number of hydrogen-bond acceptors (Lipinski definition) is 2. The van der Waals surface area contributed by atoms with Gasteiger partial charge in [-0.05, 0) is 43.2 Å². The van der Waals surface area contributed by atoms with Gasteiger partial charge in [-0.3, -0.25) is 0 Å². The van der Waals surface area contributed by atoms with Crippen LogP contribution in [0.2, 0.25) is 5.02 Å². The summed E-state index contributed by atoms with van der Waals surface area (Å²) in [5.41, 5.74) is 1.97. The summed E-state index contributed by atoms with van der Waals surface area (Å²) in [6, 6.07) is 11.7. The van der Waals surface area contributed by atoms with Crippen LogP contribution in [0.15, 0.2) is 51.8 Å². The van der Waals surface area contributed by atoms with Crippen molar-refractivity contribution in [3.63, 3.8) is 0 Å². The van der Waals surface area contributed by atoms with Crippen LogP contribution in [0.1, 0.15) is 16.7 Å². The SMILES string of the molecule is Cc1ccc(C)c(S(=O)(=O)N=C(Cl)c2ccc(Cl)cc2)c1. The first-order valence-corrected chi connectivity index (χ1v) is 8.33. The Morgan fingerprint density at radius 3 is 2.29 bits per heavy atom. The molecule has 0 aliphatic carbocycles. The number of hydrogen-bond donors (Lipinski definition) is 0. The minimum absolute atomic E-state index is 0.0902. The van der Waals surface area contributed by atoms with Crippen molar-refractivity contribution >= 4 is 38.4 Å². The number of benzene rings is 2. The maximum absolute atomic E-state index is 12.4. The van der Waals surface area contributed by atoms with E-state index in [9.17, 15) is 8.42 Å². The molecule has 0 aromatic heterocycles. The molecule has 0 atom stereocenters. The van der Waals surface area contributed by atoms with Gasteiger partial charge in [0.05, 0.1) is 4.90 Å². The lowest BCUT2D eigenvalue weighted by Crippen LogP contribution is -2.04. The molecule has 0 bridgehead atoms. The monoisotopic (exact) mass is 341 g/mol. The van der Waals surface area contributed by atoms with Gasteiger partial charge in [-0.25, -0.2) is 0 Å². The normalized spacial score (nSPS) is 12.5. The highest BCUT2D eigenvalue weighted by molar-refractivity contribution is 7.90. The predicted molar refractivity (Wildman–Crippen MR) is 86.9 cm³/mol. The van der Waals surface area contributed by atoms with E-state index in [1.165, 1.54) is 0 Å².